The average molecular weight is 858 g/mol. The van der Waals surface area contributed by atoms with Crippen LogP contribution in [0.15, 0.2) is 77.9 Å². The molecule has 0 bridgehead atoms. The Bertz CT molecular complexity index is 1920. The molecular formula is C50H67NO11. The molecule has 3 saturated carbocycles. The van der Waals surface area contributed by atoms with E-state index in [0.717, 1.165) is 31.2 Å². The van der Waals surface area contributed by atoms with Crippen LogP contribution in [0.25, 0.3) is 0 Å². The van der Waals surface area contributed by atoms with Crippen molar-refractivity contribution >= 4 is 29.6 Å². The molecule has 1 aromatic rings. The number of aliphatic hydroxyl groups excluding tert-OH is 2. The Balaban J connectivity index is 1.03. The second-order valence-electron chi connectivity index (χ2n) is 18.7. The number of hydrogen-bond acceptors (Lipinski definition) is 11. The van der Waals surface area contributed by atoms with Gasteiger partial charge in [0.05, 0.1) is 12.2 Å². The van der Waals surface area contributed by atoms with Crippen molar-refractivity contribution in [3.8, 4) is 0 Å². The fourth-order valence-corrected chi connectivity index (χ4v) is 11.2. The Hall–Kier alpha value is -4.39. The first-order valence-electron chi connectivity index (χ1n) is 22.8. The van der Waals surface area contributed by atoms with Gasteiger partial charge < -0.3 is 34.8 Å². The summed E-state index contributed by atoms with van der Waals surface area (Å²) in [4.78, 5) is 64.0. The lowest BCUT2D eigenvalue weighted by atomic mass is 9.50. The molecular weight excluding hydrogens is 791 g/mol. The van der Waals surface area contributed by atoms with Crippen molar-refractivity contribution in [2.75, 3.05) is 13.2 Å². The Morgan fingerprint density at radius 3 is 2.53 bits per heavy atom. The van der Waals surface area contributed by atoms with E-state index < -0.39 is 65.9 Å². The molecule has 0 heterocycles. The highest BCUT2D eigenvalue weighted by atomic mass is 16.7. The third-order valence-corrected chi connectivity index (χ3v) is 14.9. The first-order chi connectivity index (χ1) is 29.6. The Kier molecular flexibility index (Phi) is 15.5. The number of carbonyl (C=O) groups is 5. The van der Waals surface area contributed by atoms with Crippen LogP contribution in [0.3, 0.4) is 0 Å². The number of aryl methyl sites for hydroxylation is 1. The predicted octanol–water partition coefficient (Wildman–Crippen LogP) is 6.99. The van der Waals surface area contributed by atoms with E-state index in [0.29, 0.717) is 57.9 Å². The molecule has 6 rings (SSSR count). The van der Waals surface area contributed by atoms with Crippen LogP contribution in [0.2, 0.25) is 0 Å². The maximum absolute atomic E-state index is 13.8. The molecule has 0 unspecified atom stereocenters. The van der Waals surface area contributed by atoms with Gasteiger partial charge in [0.1, 0.15) is 11.7 Å². The number of aliphatic hydroxyl groups is 3. The third kappa shape index (κ3) is 10.3. The highest BCUT2D eigenvalue weighted by molar-refractivity contribution is 5.92. The Labute approximate surface area is 366 Å². The second-order valence-corrected chi connectivity index (χ2v) is 18.7. The Morgan fingerprint density at radius 1 is 1.00 bits per heavy atom. The van der Waals surface area contributed by atoms with Gasteiger partial charge in [-0.3, -0.25) is 14.4 Å². The number of nitrogens with one attached hydrogen (secondary N) is 1. The summed E-state index contributed by atoms with van der Waals surface area (Å²) in [5, 5.41) is 36.6. The molecule has 0 spiro atoms. The van der Waals surface area contributed by atoms with Crippen LogP contribution in [0, 0.1) is 34.5 Å². The highest BCUT2D eigenvalue weighted by Gasteiger charge is 2.64. The molecule has 0 saturated heterocycles. The molecule has 1 aromatic carbocycles. The summed E-state index contributed by atoms with van der Waals surface area (Å²) in [6.07, 6.45) is 14.6. The summed E-state index contributed by atoms with van der Waals surface area (Å²) in [7, 11) is 0. The van der Waals surface area contributed by atoms with Crippen molar-refractivity contribution in [2.45, 2.75) is 148 Å². The minimum Gasteiger partial charge on any atom is -0.455 e. The van der Waals surface area contributed by atoms with E-state index in [9.17, 15) is 39.3 Å². The summed E-state index contributed by atoms with van der Waals surface area (Å²) in [6.45, 7) is 7.31. The van der Waals surface area contributed by atoms with Gasteiger partial charge in [0, 0.05) is 42.6 Å². The number of ether oxygens (including phenoxy) is 3. The zero-order valence-electron chi connectivity index (χ0n) is 36.9. The quantitative estimate of drug-likeness (QED) is 0.0678. The summed E-state index contributed by atoms with van der Waals surface area (Å²) < 4.78 is 16.4. The number of carbonyl (C=O) groups excluding carboxylic acids is 5. The first-order valence-corrected chi connectivity index (χ1v) is 22.8. The molecule has 12 heteroatoms. The molecule has 4 N–H and O–H groups in total. The maximum Gasteiger partial charge on any atom is 0.509 e. The Morgan fingerprint density at radius 2 is 1.77 bits per heavy atom. The number of ketones is 2. The molecule has 0 aromatic heterocycles. The van der Waals surface area contributed by atoms with Crippen LogP contribution in [-0.2, 0) is 39.8 Å². The van der Waals surface area contributed by atoms with E-state index in [1.807, 2.05) is 62.4 Å². The van der Waals surface area contributed by atoms with Crippen molar-refractivity contribution in [3.63, 3.8) is 0 Å². The van der Waals surface area contributed by atoms with Crippen molar-refractivity contribution in [1.29, 1.82) is 0 Å². The van der Waals surface area contributed by atoms with Crippen molar-refractivity contribution in [2.24, 2.45) is 34.5 Å². The fourth-order valence-electron chi connectivity index (χ4n) is 11.2. The van der Waals surface area contributed by atoms with Crippen LogP contribution >= 0.6 is 0 Å². The molecule has 12 nitrogen and oxygen atoms in total. The van der Waals surface area contributed by atoms with Crippen molar-refractivity contribution in [3.05, 3.63) is 83.5 Å². The van der Waals surface area contributed by atoms with E-state index in [1.54, 1.807) is 12.2 Å². The number of fused-ring (bicyclic) bond motifs is 5. The average Bonchev–Trinajstić information content (AvgIpc) is 3.69. The largest absolute Gasteiger partial charge is 0.509 e. The zero-order chi connectivity index (χ0) is 44.7. The van der Waals surface area contributed by atoms with Gasteiger partial charge in [0.2, 0.25) is 11.7 Å². The van der Waals surface area contributed by atoms with Gasteiger partial charge in [0.25, 0.3) is 0 Å². The number of benzene rings is 1. The number of Topliss-reactive ketones (excluding diaryl/α,β-unsaturated/α-hetero) is 1. The lowest BCUT2D eigenvalue weighted by Gasteiger charge is -2.54. The lowest BCUT2D eigenvalue weighted by molar-refractivity contribution is -0.160. The fraction of sp³-hybridized carbons (Fsp3) is 0.620. The minimum absolute atomic E-state index is 0.0188. The summed E-state index contributed by atoms with van der Waals surface area (Å²) in [5.41, 5.74) is 0.894. The zero-order valence-corrected chi connectivity index (χ0v) is 36.9. The first kappa shape index (κ1) is 47.1. The summed E-state index contributed by atoms with van der Waals surface area (Å²) in [5.74, 6) is -1.65. The maximum atomic E-state index is 13.8. The lowest BCUT2D eigenvalue weighted by Crippen LogP contribution is -2.55. The van der Waals surface area contributed by atoms with E-state index in [-0.39, 0.29) is 47.7 Å². The molecule has 5 aliphatic rings. The van der Waals surface area contributed by atoms with Gasteiger partial charge in [-0.2, -0.15) is 0 Å². The highest BCUT2D eigenvalue weighted by Crippen LogP contribution is 2.65. The summed E-state index contributed by atoms with van der Waals surface area (Å²) >= 11 is 0. The van der Waals surface area contributed by atoms with Gasteiger partial charge in [-0.05, 0) is 120 Å². The molecule has 0 radical (unpaired) electrons. The number of rotatable bonds is 18. The third-order valence-electron chi connectivity index (χ3n) is 14.9. The smallest absolute Gasteiger partial charge is 0.455 e. The number of esters is 1. The van der Waals surface area contributed by atoms with Crippen LogP contribution in [0.5, 0.6) is 0 Å². The van der Waals surface area contributed by atoms with Crippen molar-refractivity contribution < 1.29 is 53.5 Å². The molecule has 338 valence electrons. The standard InChI is InChI=1S/C50H67NO11/c1-5-51-45(56)16-12-7-6-11-15-37-38(43(54)30-42(37)53)22-20-36(19-17-33-13-9-8-10-14-33)62-46(57)32(2)61-47(58)60-31-44(55)50(59)28-25-41-39-21-18-34-29-35(52)23-26-48(34,3)40(39)24-27-49(41,50)4/h6,8-11,13-14,20,22,24,29,32,36-39,41-43,53-54,59H,5,7,12,15-19,21,23,25-28,30-31H2,1-4H3,(H,51,56)/b11-6-,22-20+/t32-,36-,37+,38+,39+,41-,42-,43+,48-,49-,50-/m0/s1. The predicted molar refractivity (Wildman–Crippen MR) is 232 cm³/mol. The van der Waals surface area contributed by atoms with Gasteiger partial charge in [-0.15, -0.1) is 0 Å². The van der Waals surface area contributed by atoms with E-state index >= 15 is 0 Å². The summed E-state index contributed by atoms with van der Waals surface area (Å²) in [6, 6.07) is 9.69. The van der Waals surface area contributed by atoms with Crippen LogP contribution < -0.4 is 5.32 Å². The topological polar surface area (TPSA) is 186 Å². The SMILES string of the molecule is CCNC(=O)CCC/C=C\C[C@@H]1[C@@H](/C=C/[C@H](CCc2ccccc2)OC(=O)[C@H](C)OC(=O)OCC(=O)[C@@]2(O)CC[C@H]3[C@@H]4CCC5=CC(=O)CC[C@]5(C)C4=CC[C@@]32C)[C@H](O)C[C@@H]1O. The van der Waals surface area contributed by atoms with Crippen LogP contribution in [0.1, 0.15) is 117 Å². The number of unbranched alkanes of at least 4 members (excludes halogenated alkanes) is 1. The molecule has 3 fully saturated rings. The molecule has 11 atom stereocenters. The number of allylic oxidation sites excluding steroid dienone is 6. The van der Waals surface area contributed by atoms with Crippen LogP contribution in [0.4, 0.5) is 4.79 Å². The molecule has 1 amide bonds. The number of hydrogen-bond donors (Lipinski definition) is 4. The van der Waals surface area contributed by atoms with Gasteiger partial charge in [0.15, 0.2) is 18.5 Å². The van der Waals surface area contributed by atoms with E-state index in [2.05, 4.69) is 18.3 Å². The van der Waals surface area contributed by atoms with Crippen molar-refractivity contribution in [1.82, 2.24) is 5.32 Å². The monoisotopic (exact) mass is 857 g/mol. The number of amides is 1. The minimum atomic E-state index is -1.71. The molecule has 5 aliphatic carbocycles. The van der Waals surface area contributed by atoms with Crippen LogP contribution in [-0.4, -0.2) is 88.1 Å². The molecule has 62 heavy (non-hydrogen) atoms. The van der Waals surface area contributed by atoms with Gasteiger partial charge >= 0.3 is 12.1 Å². The van der Waals surface area contributed by atoms with Gasteiger partial charge in [-0.1, -0.05) is 79.6 Å². The normalized spacial score (nSPS) is 32.5. The second kappa shape index (κ2) is 20.4. The van der Waals surface area contributed by atoms with E-state index in [1.165, 1.54) is 18.1 Å². The van der Waals surface area contributed by atoms with E-state index in [4.69, 9.17) is 14.2 Å². The van der Waals surface area contributed by atoms with Gasteiger partial charge in [-0.25, -0.2) is 9.59 Å². The molecule has 0 aliphatic heterocycles.